The van der Waals surface area contributed by atoms with E-state index >= 15 is 0 Å². The van der Waals surface area contributed by atoms with Crippen molar-refractivity contribution in [2.24, 2.45) is 0 Å². The van der Waals surface area contributed by atoms with Gasteiger partial charge in [0.1, 0.15) is 0 Å². The summed E-state index contributed by atoms with van der Waals surface area (Å²) in [4.78, 5) is 30.5. The Hall–Kier alpha value is -2.92. The second-order valence-electron chi connectivity index (χ2n) is 6.14. The quantitative estimate of drug-likeness (QED) is 0.746. The number of para-hydroxylation sites is 1. The molecule has 1 aromatic heterocycles. The molecule has 4 rings (SSSR count). The Labute approximate surface area is 154 Å². The van der Waals surface area contributed by atoms with E-state index in [1.807, 2.05) is 12.1 Å². The number of carboxylic acid groups (broad SMARTS) is 1. The zero-order valence-electron chi connectivity index (χ0n) is 13.8. The summed E-state index contributed by atoms with van der Waals surface area (Å²) in [5.74, 6) is -1.18. The van der Waals surface area contributed by atoms with Crippen LogP contribution in [-0.4, -0.2) is 28.5 Å². The van der Waals surface area contributed by atoms with Gasteiger partial charge in [0.15, 0.2) is 5.69 Å². The minimum Gasteiger partial charge on any atom is -0.476 e. The lowest BCUT2D eigenvalue weighted by Gasteiger charge is -2.23. The second-order valence-corrected chi connectivity index (χ2v) is 6.54. The number of carboxylic acids is 1. The van der Waals surface area contributed by atoms with Crippen molar-refractivity contribution in [1.29, 1.82) is 0 Å². The molecule has 1 saturated heterocycles. The number of benzene rings is 2. The van der Waals surface area contributed by atoms with E-state index in [2.05, 4.69) is 4.98 Å². The molecule has 0 saturated carbocycles. The van der Waals surface area contributed by atoms with Crippen LogP contribution < -0.4 is 4.90 Å². The van der Waals surface area contributed by atoms with Crippen molar-refractivity contribution in [1.82, 2.24) is 4.98 Å². The van der Waals surface area contributed by atoms with Crippen molar-refractivity contribution in [2.45, 2.75) is 12.8 Å². The number of hydrogen-bond donors (Lipinski definition) is 1. The van der Waals surface area contributed by atoms with Gasteiger partial charge in [-0.3, -0.25) is 4.79 Å². The molecule has 0 bridgehead atoms. The lowest BCUT2D eigenvalue weighted by atomic mass is 9.97. The molecule has 3 aromatic rings. The highest BCUT2D eigenvalue weighted by molar-refractivity contribution is 6.34. The summed E-state index contributed by atoms with van der Waals surface area (Å²) in [6.45, 7) is 0.545. The fraction of sp³-hybridized carbons (Fsp3) is 0.150. The maximum Gasteiger partial charge on any atom is 0.355 e. The smallest absolute Gasteiger partial charge is 0.355 e. The maximum absolute atomic E-state index is 12.5. The first-order chi connectivity index (χ1) is 12.6. The second kappa shape index (κ2) is 6.42. The first-order valence-electron chi connectivity index (χ1n) is 8.29. The van der Waals surface area contributed by atoms with E-state index in [4.69, 9.17) is 11.6 Å². The molecular weight excluding hydrogens is 352 g/mol. The van der Waals surface area contributed by atoms with Gasteiger partial charge in [-0.25, -0.2) is 9.78 Å². The zero-order chi connectivity index (χ0) is 18.3. The molecule has 1 aliphatic rings. The SMILES string of the molecule is O=C(O)c1nc2ccccc2c(N2CCCC2=O)c1-c1ccccc1Cl. The molecule has 0 atom stereocenters. The van der Waals surface area contributed by atoms with E-state index in [1.54, 1.807) is 41.3 Å². The Balaban J connectivity index is 2.17. The minimum absolute atomic E-state index is 0.0222. The summed E-state index contributed by atoms with van der Waals surface area (Å²) in [5, 5.41) is 11.0. The Kier molecular flexibility index (Phi) is 4.09. The number of carbonyl (C=O) groups excluding carboxylic acids is 1. The Morgan fingerprint density at radius 2 is 1.85 bits per heavy atom. The molecule has 1 N–H and O–H groups in total. The predicted octanol–water partition coefficient (Wildman–Crippen LogP) is 4.38. The summed E-state index contributed by atoms with van der Waals surface area (Å²) in [6.07, 6.45) is 1.18. The molecule has 6 heteroatoms. The van der Waals surface area contributed by atoms with Crippen molar-refractivity contribution in [3.63, 3.8) is 0 Å². The predicted molar refractivity (Wildman–Crippen MR) is 101 cm³/mol. The van der Waals surface area contributed by atoms with Gasteiger partial charge in [0.2, 0.25) is 5.91 Å². The van der Waals surface area contributed by atoms with E-state index in [0.717, 1.165) is 11.8 Å². The van der Waals surface area contributed by atoms with Crippen molar-refractivity contribution in [2.75, 3.05) is 11.4 Å². The van der Waals surface area contributed by atoms with Crippen LogP contribution in [0.2, 0.25) is 5.02 Å². The highest BCUT2D eigenvalue weighted by atomic mass is 35.5. The topological polar surface area (TPSA) is 70.5 Å². The summed E-state index contributed by atoms with van der Waals surface area (Å²) in [7, 11) is 0. The molecule has 5 nitrogen and oxygen atoms in total. The van der Waals surface area contributed by atoms with E-state index in [1.165, 1.54) is 0 Å². The lowest BCUT2D eigenvalue weighted by molar-refractivity contribution is -0.117. The number of amides is 1. The molecule has 2 heterocycles. The number of halogens is 1. The van der Waals surface area contributed by atoms with Gasteiger partial charge in [-0.1, -0.05) is 48.0 Å². The molecule has 130 valence electrons. The highest BCUT2D eigenvalue weighted by Crippen LogP contribution is 2.42. The van der Waals surface area contributed by atoms with Crippen molar-refractivity contribution >= 4 is 40.1 Å². The fourth-order valence-electron chi connectivity index (χ4n) is 3.43. The third kappa shape index (κ3) is 2.61. The number of nitrogens with zero attached hydrogens (tertiary/aromatic N) is 2. The van der Waals surface area contributed by atoms with E-state index in [9.17, 15) is 14.7 Å². The van der Waals surface area contributed by atoms with Crippen LogP contribution in [0.15, 0.2) is 48.5 Å². The normalized spacial score (nSPS) is 14.2. The van der Waals surface area contributed by atoms with Gasteiger partial charge in [-0.2, -0.15) is 0 Å². The number of carbonyl (C=O) groups is 2. The van der Waals surface area contributed by atoms with Gasteiger partial charge in [0.25, 0.3) is 0 Å². The number of pyridine rings is 1. The Bertz CT molecular complexity index is 1050. The number of anilines is 1. The molecule has 1 amide bonds. The largest absolute Gasteiger partial charge is 0.476 e. The standard InChI is InChI=1S/C20H15ClN2O3/c21-14-8-3-1-6-12(14)17-18(20(25)26)22-15-9-4-2-7-13(15)19(17)23-11-5-10-16(23)24/h1-4,6-9H,5,10-11H2,(H,25,26). The minimum atomic E-state index is -1.15. The number of aromatic carboxylic acids is 1. The number of rotatable bonds is 3. The number of aromatic nitrogens is 1. The van der Waals surface area contributed by atoms with Gasteiger partial charge in [0, 0.05) is 34.5 Å². The monoisotopic (exact) mass is 366 g/mol. The van der Waals surface area contributed by atoms with Gasteiger partial charge < -0.3 is 10.0 Å². The molecular formula is C20H15ClN2O3. The third-order valence-corrected chi connectivity index (χ3v) is 4.88. The fourth-order valence-corrected chi connectivity index (χ4v) is 3.66. The molecule has 0 unspecified atom stereocenters. The van der Waals surface area contributed by atoms with E-state index < -0.39 is 5.97 Å². The Morgan fingerprint density at radius 3 is 2.54 bits per heavy atom. The van der Waals surface area contributed by atoms with E-state index in [0.29, 0.717) is 40.3 Å². The Morgan fingerprint density at radius 1 is 1.12 bits per heavy atom. The molecule has 1 aliphatic heterocycles. The summed E-state index contributed by atoms with van der Waals surface area (Å²) >= 11 is 6.38. The van der Waals surface area contributed by atoms with Crippen molar-refractivity contribution in [3.05, 3.63) is 59.2 Å². The molecule has 1 fully saturated rings. The number of fused-ring (bicyclic) bond motifs is 1. The van der Waals surface area contributed by atoms with Crippen LogP contribution in [0.1, 0.15) is 23.3 Å². The van der Waals surface area contributed by atoms with Gasteiger partial charge >= 0.3 is 5.97 Å². The summed E-state index contributed by atoms with van der Waals surface area (Å²) < 4.78 is 0. The van der Waals surface area contributed by atoms with Gasteiger partial charge in [0.05, 0.1) is 11.2 Å². The maximum atomic E-state index is 12.5. The van der Waals surface area contributed by atoms with Crippen LogP contribution in [0.25, 0.3) is 22.0 Å². The first-order valence-corrected chi connectivity index (χ1v) is 8.67. The van der Waals surface area contributed by atoms with Crippen LogP contribution in [0.5, 0.6) is 0 Å². The molecule has 2 aromatic carbocycles. The van der Waals surface area contributed by atoms with Crippen LogP contribution in [0.4, 0.5) is 5.69 Å². The highest BCUT2D eigenvalue weighted by Gasteiger charge is 2.30. The van der Waals surface area contributed by atoms with Crippen LogP contribution >= 0.6 is 11.6 Å². The number of hydrogen-bond acceptors (Lipinski definition) is 3. The van der Waals surface area contributed by atoms with Gasteiger partial charge in [-0.05, 0) is 18.6 Å². The van der Waals surface area contributed by atoms with Crippen LogP contribution in [0, 0.1) is 0 Å². The van der Waals surface area contributed by atoms with Gasteiger partial charge in [-0.15, -0.1) is 0 Å². The van der Waals surface area contributed by atoms with Crippen LogP contribution in [0.3, 0.4) is 0 Å². The molecule has 26 heavy (non-hydrogen) atoms. The molecule has 0 spiro atoms. The summed E-state index contributed by atoms with van der Waals surface area (Å²) in [6, 6.07) is 14.3. The van der Waals surface area contributed by atoms with Crippen molar-refractivity contribution < 1.29 is 14.7 Å². The third-order valence-electron chi connectivity index (χ3n) is 4.55. The lowest BCUT2D eigenvalue weighted by Crippen LogP contribution is -2.25. The average molecular weight is 367 g/mol. The summed E-state index contributed by atoms with van der Waals surface area (Å²) in [5.41, 5.74) is 1.95. The average Bonchev–Trinajstić information content (AvgIpc) is 3.06. The van der Waals surface area contributed by atoms with E-state index in [-0.39, 0.29) is 11.6 Å². The van der Waals surface area contributed by atoms with Crippen LogP contribution in [-0.2, 0) is 4.79 Å². The first kappa shape index (κ1) is 16.5. The van der Waals surface area contributed by atoms with Crippen molar-refractivity contribution in [3.8, 4) is 11.1 Å². The zero-order valence-corrected chi connectivity index (χ0v) is 14.5. The molecule has 0 aliphatic carbocycles. The molecule has 0 radical (unpaired) electrons.